The van der Waals surface area contributed by atoms with Gasteiger partial charge in [0.1, 0.15) is 17.1 Å². The largest absolute Gasteiger partial charge is 0.477 e. The molecule has 0 spiro atoms. The molecule has 1 aromatic carbocycles. The van der Waals surface area contributed by atoms with Crippen molar-refractivity contribution in [2.24, 2.45) is 0 Å². The highest BCUT2D eigenvalue weighted by Crippen LogP contribution is 2.32. The van der Waals surface area contributed by atoms with Crippen molar-refractivity contribution >= 4 is 21.9 Å². The molecule has 1 N–H and O–H groups in total. The number of benzene rings is 1. The maximum Gasteiger partial charge on any atom is 0.431 e. The monoisotopic (exact) mass is 393 g/mol. The van der Waals surface area contributed by atoms with E-state index in [0.29, 0.717) is 12.1 Å². The van der Waals surface area contributed by atoms with Crippen LogP contribution in [0.5, 0.6) is 0 Å². The molecule has 4 nitrogen and oxygen atoms in total. The number of nitrogens with zero attached hydrogens (tertiary/aromatic N) is 1. The van der Waals surface area contributed by atoms with E-state index in [2.05, 4.69) is 15.9 Å². The number of carboxylic acids is 1. The van der Waals surface area contributed by atoms with Crippen LogP contribution >= 0.6 is 15.9 Å². The summed E-state index contributed by atoms with van der Waals surface area (Å²) in [4.78, 5) is 23.2. The third-order valence-electron chi connectivity index (χ3n) is 3.08. The van der Waals surface area contributed by atoms with Crippen LogP contribution < -0.4 is 5.56 Å². The lowest BCUT2D eigenvalue weighted by Gasteiger charge is -2.18. The smallest absolute Gasteiger partial charge is 0.431 e. The number of alkyl halides is 3. The van der Waals surface area contributed by atoms with Gasteiger partial charge in [-0.1, -0.05) is 0 Å². The molecule has 0 unspecified atom stereocenters. The molecule has 0 aliphatic carbocycles. The summed E-state index contributed by atoms with van der Waals surface area (Å²) in [6.45, 7) is 1.31. The molecule has 0 saturated heterocycles. The minimum absolute atomic E-state index is 0.0424. The summed E-state index contributed by atoms with van der Waals surface area (Å²) >= 11 is 2.84. The predicted molar refractivity (Wildman–Crippen MR) is 76.4 cm³/mol. The molecule has 0 aliphatic heterocycles. The maximum absolute atomic E-state index is 13.5. The van der Waals surface area contributed by atoms with Crippen molar-refractivity contribution < 1.29 is 27.5 Å². The van der Waals surface area contributed by atoms with E-state index in [-0.39, 0.29) is 20.3 Å². The molecule has 0 saturated carbocycles. The molecule has 2 rings (SSSR count). The molecule has 23 heavy (non-hydrogen) atoms. The Morgan fingerprint density at radius 2 is 1.87 bits per heavy atom. The fourth-order valence-corrected chi connectivity index (χ4v) is 2.37. The van der Waals surface area contributed by atoms with Crippen molar-refractivity contribution in [3.05, 3.63) is 61.7 Å². The van der Waals surface area contributed by atoms with E-state index in [0.717, 1.165) is 12.1 Å². The first-order valence-corrected chi connectivity index (χ1v) is 6.86. The molecule has 122 valence electrons. The van der Waals surface area contributed by atoms with Crippen molar-refractivity contribution in [2.75, 3.05) is 0 Å². The highest BCUT2D eigenvalue weighted by atomic mass is 79.9. The Labute approximate surface area is 135 Å². The second-order valence-electron chi connectivity index (χ2n) is 4.63. The first kappa shape index (κ1) is 17.2. The highest BCUT2D eigenvalue weighted by Gasteiger charge is 2.36. The fourth-order valence-electron chi connectivity index (χ4n) is 2.04. The number of rotatable bonds is 2. The van der Waals surface area contributed by atoms with Crippen LogP contribution in [-0.2, 0) is 6.18 Å². The maximum atomic E-state index is 13.5. The second kappa shape index (κ2) is 5.80. The minimum atomic E-state index is -4.90. The molecule has 1 heterocycles. The predicted octanol–water partition coefficient (Wildman–Crippen LogP) is 3.76. The van der Waals surface area contributed by atoms with E-state index in [1.54, 1.807) is 0 Å². The quantitative estimate of drug-likeness (QED) is 0.790. The van der Waals surface area contributed by atoms with Gasteiger partial charge in [-0.3, -0.25) is 9.36 Å². The third-order valence-corrected chi connectivity index (χ3v) is 3.69. The molecule has 1 aromatic heterocycles. The van der Waals surface area contributed by atoms with E-state index < -0.39 is 34.8 Å². The van der Waals surface area contributed by atoms with Gasteiger partial charge in [0.2, 0.25) is 0 Å². The standard InChI is InChI=1S/C14H8BrF4NO3/c1-6-4-9(16)8(15)5-10(6)20-11(14(17,18)19)3-2-7(12(20)21)13(22)23/h2-5H,1H3,(H,22,23). The van der Waals surface area contributed by atoms with Gasteiger partial charge < -0.3 is 5.11 Å². The zero-order valence-corrected chi connectivity index (χ0v) is 13.0. The topological polar surface area (TPSA) is 59.3 Å². The first-order chi connectivity index (χ1) is 10.5. The molecule has 2 aromatic rings. The van der Waals surface area contributed by atoms with E-state index in [1.807, 2.05) is 0 Å². The van der Waals surface area contributed by atoms with Crippen molar-refractivity contribution in [1.29, 1.82) is 0 Å². The molecule has 0 amide bonds. The number of hydrogen-bond donors (Lipinski definition) is 1. The molecule has 9 heteroatoms. The van der Waals surface area contributed by atoms with Crippen LogP contribution in [0.15, 0.2) is 33.5 Å². The number of hydrogen-bond acceptors (Lipinski definition) is 2. The number of pyridine rings is 1. The summed E-state index contributed by atoms with van der Waals surface area (Å²) in [6.07, 6.45) is -4.90. The lowest BCUT2D eigenvalue weighted by molar-refractivity contribution is -0.142. The SMILES string of the molecule is Cc1cc(F)c(Br)cc1-n1c(C(F)(F)F)ccc(C(=O)O)c1=O. The Balaban J connectivity index is 2.94. The molecule has 0 bridgehead atoms. The van der Waals surface area contributed by atoms with Gasteiger partial charge in [-0.2, -0.15) is 13.2 Å². The number of carboxylic acid groups (broad SMARTS) is 1. The van der Waals surface area contributed by atoms with Gasteiger partial charge in [-0.05, 0) is 52.7 Å². The first-order valence-electron chi connectivity index (χ1n) is 6.06. The normalized spacial score (nSPS) is 11.6. The number of halogens is 5. The zero-order chi connectivity index (χ0) is 17.5. The van der Waals surface area contributed by atoms with Crippen LogP contribution in [0.1, 0.15) is 21.6 Å². The Kier molecular flexibility index (Phi) is 4.34. The van der Waals surface area contributed by atoms with Crippen LogP contribution in [-0.4, -0.2) is 15.6 Å². The van der Waals surface area contributed by atoms with E-state index >= 15 is 0 Å². The van der Waals surface area contributed by atoms with Gasteiger partial charge in [-0.15, -0.1) is 0 Å². The number of aromatic nitrogens is 1. The summed E-state index contributed by atoms with van der Waals surface area (Å²) in [5.74, 6) is -2.38. The van der Waals surface area contributed by atoms with E-state index in [1.165, 1.54) is 6.92 Å². The van der Waals surface area contributed by atoms with Gasteiger partial charge >= 0.3 is 12.1 Å². The van der Waals surface area contributed by atoms with E-state index in [4.69, 9.17) is 5.11 Å². The van der Waals surface area contributed by atoms with Gasteiger partial charge in [0.05, 0.1) is 10.2 Å². The van der Waals surface area contributed by atoms with Crippen LogP contribution in [0, 0.1) is 12.7 Å². The van der Waals surface area contributed by atoms with Crippen LogP contribution in [0.2, 0.25) is 0 Å². The Morgan fingerprint density at radius 1 is 1.26 bits per heavy atom. The summed E-state index contributed by atoms with van der Waals surface area (Å²) in [6, 6.07) is 3.03. The van der Waals surface area contributed by atoms with Gasteiger partial charge in [0.15, 0.2) is 0 Å². The Bertz CT molecular complexity index is 858. The fraction of sp³-hybridized carbons (Fsp3) is 0.143. The second-order valence-corrected chi connectivity index (χ2v) is 5.48. The van der Waals surface area contributed by atoms with Gasteiger partial charge in [-0.25, -0.2) is 9.18 Å². The lowest BCUT2D eigenvalue weighted by Crippen LogP contribution is -2.31. The number of carbonyl (C=O) groups is 1. The number of aromatic carboxylic acids is 1. The van der Waals surface area contributed by atoms with Crippen LogP contribution in [0.25, 0.3) is 5.69 Å². The van der Waals surface area contributed by atoms with Gasteiger partial charge in [0.25, 0.3) is 5.56 Å². The molecule has 0 fully saturated rings. The van der Waals surface area contributed by atoms with Crippen LogP contribution in [0.4, 0.5) is 17.6 Å². The summed E-state index contributed by atoms with van der Waals surface area (Å²) < 4.78 is 53.0. The summed E-state index contributed by atoms with van der Waals surface area (Å²) in [5.41, 5.74) is -3.75. The van der Waals surface area contributed by atoms with Crippen molar-refractivity contribution in [2.45, 2.75) is 13.1 Å². The zero-order valence-electron chi connectivity index (χ0n) is 11.4. The molecule has 0 atom stereocenters. The highest BCUT2D eigenvalue weighted by molar-refractivity contribution is 9.10. The Morgan fingerprint density at radius 3 is 2.39 bits per heavy atom. The van der Waals surface area contributed by atoms with Gasteiger partial charge in [0, 0.05) is 0 Å². The average Bonchev–Trinajstić information content (AvgIpc) is 2.41. The molecule has 0 aliphatic rings. The van der Waals surface area contributed by atoms with Crippen LogP contribution in [0.3, 0.4) is 0 Å². The average molecular weight is 394 g/mol. The number of aryl methyl sites for hydroxylation is 1. The molecular formula is C14H8BrF4NO3. The summed E-state index contributed by atoms with van der Waals surface area (Å²) in [7, 11) is 0. The van der Waals surface area contributed by atoms with Crippen molar-refractivity contribution in [3.8, 4) is 5.69 Å². The van der Waals surface area contributed by atoms with Crippen molar-refractivity contribution in [3.63, 3.8) is 0 Å². The van der Waals surface area contributed by atoms with E-state index in [9.17, 15) is 27.2 Å². The molecular weight excluding hydrogens is 386 g/mol. The molecule has 0 radical (unpaired) electrons. The third kappa shape index (κ3) is 3.14. The summed E-state index contributed by atoms with van der Waals surface area (Å²) in [5, 5.41) is 8.93. The lowest BCUT2D eigenvalue weighted by atomic mass is 10.1. The minimum Gasteiger partial charge on any atom is -0.477 e. The van der Waals surface area contributed by atoms with Crippen molar-refractivity contribution in [1.82, 2.24) is 4.57 Å². The Hall–Kier alpha value is -2.16.